The molecule has 0 saturated heterocycles. The molecule has 0 unspecified atom stereocenters. The molecular weight excluding hydrogens is 498 g/mol. The van der Waals surface area contributed by atoms with Crippen molar-refractivity contribution < 1.29 is 18.3 Å². The van der Waals surface area contributed by atoms with Gasteiger partial charge in [-0.15, -0.1) is 0 Å². The molecular formula is C27H24ClN3O4S. The molecule has 0 aliphatic heterocycles. The number of nitrogens with zero attached hydrogens (tertiary/aromatic N) is 2. The quantitative estimate of drug-likeness (QED) is 0.256. The van der Waals surface area contributed by atoms with Crippen molar-refractivity contribution in [2.45, 2.75) is 18.4 Å². The summed E-state index contributed by atoms with van der Waals surface area (Å²) < 4.78 is 27.9. The Morgan fingerprint density at radius 2 is 1.78 bits per heavy atom. The van der Waals surface area contributed by atoms with Crippen LogP contribution in [0.5, 0.6) is 5.75 Å². The van der Waals surface area contributed by atoms with Gasteiger partial charge in [-0.1, -0.05) is 71.8 Å². The molecule has 4 aromatic carbocycles. The molecule has 184 valence electrons. The van der Waals surface area contributed by atoms with Gasteiger partial charge in [0.2, 0.25) is 10.0 Å². The maximum atomic E-state index is 13.4. The molecule has 7 nitrogen and oxygen atoms in total. The summed E-state index contributed by atoms with van der Waals surface area (Å²) in [6.07, 6.45) is 1.34. The zero-order valence-electron chi connectivity index (χ0n) is 19.4. The van der Waals surface area contributed by atoms with Crippen molar-refractivity contribution in [2.75, 3.05) is 6.54 Å². The first kappa shape index (κ1) is 25.4. The van der Waals surface area contributed by atoms with Crippen molar-refractivity contribution in [3.8, 4) is 5.75 Å². The van der Waals surface area contributed by atoms with Crippen LogP contribution < -0.4 is 5.43 Å². The van der Waals surface area contributed by atoms with Gasteiger partial charge in [0.25, 0.3) is 5.91 Å². The molecule has 4 aromatic rings. The number of halogens is 1. The van der Waals surface area contributed by atoms with Gasteiger partial charge < -0.3 is 5.11 Å². The number of carbonyl (C=O) groups is 1. The van der Waals surface area contributed by atoms with Crippen LogP contribution in [0.1, 0.15) is 16.7 Å². The van der Waals surface area contributed by atoms with Gasteiger partial charge >= 0.3 is 0 Å². The van der Waals surface area contributed by atoms with Gasteiger partial charge in [-0.2, -0.15) is 9.41 Å². The smallest absolute Gasteiger partial charge is 0.255 e. The standard InChI is InChI=1S/C27H24ClN3O4S/c1-19-9-12-23(13-10-19)36(34,35)31(17-20-5-4-7-22(28)15-20)18-27(33)30-29-16-25-24-8-3-2-6-21(24)11-14-26(25)32/h2-16,32H,17-18H2,1H3,(H,30,33). The van der Waals surface area contributed by atoms with Gasteiger partial charge in [0.1, 0.15) is 5.75 Å². The monoisotopic (exact) mass is 521 g/mol. The Morgan fingerprint density at radius 1 is 1.03 bits per heavy atom. The molecule has 9 heteroatoms. The molecule has 4 rings (SSSR count). The fourth-order valence-electron chi connectivity index (χ4n) is 3.71. The van der Waals surface area contributed by atoms with Crippen LogP contribution in [0.15, 0.2) is 94.9 Å². The molecule has 2 N–H and O–H groups in total. The van der Waals surface area contributed by atoms with E-state index < -0.39 is 22.5 Å². The lowest BCUT2D eigenvalue weighted by atomic mass is 10.0. The van der Waals surface area contributed by atoms with Gasteiger partial charge in [0.15, 0.2) is 0 Å². The number of hydrazone groups is 1. The number of hydrogen-bond donors (Lipinski definition) is 2. The molecule has 1 amide bonds. The zero-order valence-corrected chi connectivity index (χ0v) is 21.0. The van der Waals surface area contributed by atoms with E-state index in [-0.39, 0.29) is 17.2 Å². The van der Waals surface area contributed by atoms with Crippen LogP contribution in [0.4, 0.5) is 0 Å². The predicted octanol–water partition coefficient (Wildman–Crippen LogP) is 4.85. The van der Waals surface area contributed by atoms with Gasteiger partial charge in [-0.25, -0.2) is 13.8 Å². The number of rotatable bonds is 8. The lowest BCUT2D eigenvalue weighted by Gasteiger charge is -2.21. The summed E-state index contributed by atoms with van der Waals surface area (Å²) in [5.41, 5.74) is 4.36. The second kappa shape index (κ2) is 10.9. The highest BCUT2D eigenvalue weighted by atomic mass is 35.5. The van der Waals surface area contributed by atoms with E-state index in [2.05, 4.69) is 10.5 Å². The third-order valence-corrected chi connectivity index (χ3v) is 7.60. The summed E-state index contributed by atoms with van der Waals surface area (Å²) in [4.78, 5) is 12.8. The fourth-order valence-corrected chi connectivity index (χ4v) is 5.31. The molecule has 0 saturated carbocycles. The van der Waals surface area contributed by atoms with Gasteiger partial charge in [-0.05, 0) is 53.6 Å². The van der Waals surface area contributed by atoms with Crippen molar-refractivity contribution in [1.82, 2.24) is 9.73 Å². The Kier molecular flexibility index (Phi) is 7.69. The molecule has 0 aliphatic carbocycles. The number of sulfonamides is 1. The summed E-state index contributed by atoms with van der Waals surface area (Å²) in [5.74, 6) is -0.625. The molecule has 36 heavy (non-hydrogen) atoms. The highest BCUT2D eigenvalue weighted by Gasteiger charge is 2.27. The predicted molar refractivity (Wildman–Crippen MR) is 142 cm³/mol. The average molecular weight is 522 g/mol. The Hall–Kier alpha value is -3.72. The maximum Gasteiger partial charge on any atom is 0.255 e. The lowest BCUT2D eigenvalue weighted by molar-refractivity contribution is -0.121. The minimum Gasteiger partial charge on any atom is -0.507 e. The summed E-state index contributed by atoms with van der Waals surface area (Å²) >= 11 is 6.08. The highest BCUT2D eigenvalue weighted by molar-refractivity contribution is 7.89. The third-order valence-electron chi connectivity index (χ3n) is 5.56. The van der Waals surface area contributed by atoms with E-state index in [1.165, 1.54) is 18.3 Å². The van der Waals surface area contributed by atoms with Crippen LogP contribution in [-0.4, -0.2) is 36.5 Å². The summed E-state index contributed by atoms with van der Waals surface area (Å²) in [6.45, 7) is 1.33. The second-order valence-electron chi connectivity index (χ2n) is 8.23. The van der Waals surface area contributed by atoms with E-state index in [0.717, 1.165) is 20.6 Å². The lowest BCUT2D eigenvalue weighted by Crippen LogP contribution is -2.39. The summed E-state index contributed by atoms with van der Waals surface area (Å²) in [6, 6.07) is 24.0. The number of nitrogens with one attached hydrogen (secondary N) is 1. The number of carbonyl (C=O) groups excluding carboxylic acids is 1. The molecule has 0 radical (unpaired) electrons. The van der Waals surface area contributed by atoms with E-state index in [0.29, 0.717) is 16.1 Å². The average Bonchev–Trinajstić information content (AvgIpc) is 2.85. The number of aryl methyl sites for hydroxylation is 1. The van der Waals surface area contributed by atoms with Crippen molar-refractivity contribution in [2.24, 2.45) is 5.10 Å². The minimum atomic E-state index is -4.00. The Balaban J connectivity index is 1.56. The van der Waals surface area contributed by atoms with Crippen molar-refractivity contribution in [1.29, 1.82) is 0 Å². The SMILES string of the molecule is Cc1ccc(S(=O)(=O)N(CC(=O)NN=Cc2c(O)ccc3ccccc23)Cc2cccc(Cl)c2)cc1. The molecule has 0 heterocycles. The van der Waals surface area contributed by atoms with E-state index in [4.69, 9.17) is 11.6 Å². The number of benzene rings is 4. The normalized spacial score (nSPS) is 11.9. The largest absolute Gasteiger partial charge is 0.507 e. The molecule has 0 bridgehead atoms. The number of phenols is 1. The number of amides is 1. The highest BCUT2D eigenvalue weighted by Crippen LogP contribution is 2.25. The summed E-state index contributed by atoms with van der Waals surface area (Å²) in [5, 5.41) is 16.4. The molecule has 0 aromatic heterocycles. The first-order chi connectivity index (χ1) is 17.2. The van der Waals surface area contributed by atoms with Gasteiger partial charge in [0, 0.05) is 17.1 Å². The number of hydrogen-bond acceptors (Lipinski definition) is 5. The molecule has 0 aliphatic rings. The van der Waals surface area contributed by atoms with Crippen LogP contribution in [0, 0.1) is 6.92 Å². The minimum absolute atomic E-state index is 0.0104. The van der Waals surface area contributed by atoms with E-state index in [1.807, 2.05) is 31.2 Å². The van der Waals surface area contributed by atoms with Gasteiger partial charge in [0.05, 0.1) is 17.7 Å². The topological polar surface area (TPSA) is 99.1 Å². The van der Waals surface area contributed by atoms with Crippen LogP contribution in [0.2, 0.25) is 5.02 Å². The van der Waals surface area contributed by atoms with Crippen molar-refractivity contribution >= 4 is 44.5 Å². The summed E-state index contributed by atoms with van der Waals surface area (Å²) in [7, 11) is -4.00. The number of phenolic OH excluding ortho intramolecular Hbond substituents is 1. The first-order valence-corrected chi connectivity index (χ1v) is 12.9. The van der Waals surface area contributed by atoms with E-state index in [1.54, 1.807) is 48.5 Å². The van der Waals surface area contributed by atoms with Crippen LogP contribution in [-0.2, 0) is 21.4 Å². The van der Waals surface area contributed by atoms with Crippen molar-refractivity contribution in [3.63, 3.8) is 0 Å². The Morgan fingerprint density at radius 3 is 2.53 bits per heavy atom. The second-order valence-corrected chi connectivity index (χ2v) is 10.6. The van der Waals surface area contributed by atoms with Crippen LogP contribution in [0.3, 0.4) is 0 Å². The molecule has 0 spiro atoms. The third kappa shape index (κ3) is 5.91. The van der Waals surface area contributed by atoms with Crippen LogP contribution >= 0.6 is 11.6 Å². The van der Waals surface area contributed by atoms with Crippen molar-refractivity contribution in [3.05, 3.63) is 107 Å². The fraction of sp³-hybridized carbons (Fsp3) is 0.111. The Labute approximate surface area is 214 Å². The zero-order chi connectivity index (χ0) is 25.7. The molecule has 0 atom stereocenters. The number of fused-ring (bicyclic) bond motifs is 1. The molecule has 0 fully saturated rings. The Bertz CT molecular complexity index is 1540. The van der Waals surface area contributed by atoms with E-state index >= 15 is 0 Å². The maximum absolute atomic E-state index is 13.4. The first-order valence-electron chi connectivity index (χ1n) is 11.1. The van der Waals surface area contributed by atoms with Gasteiger partial charge in [-0.3, -0.25) is 4.79 Å². The van der Waals surface area contributed by atoms with E-state index in [9.17, 15) is 18.3 Å². The van der Waals surface area contributed by atoms with Crippen LogP contribution in [0.25, 0.3) is 10.8 Å². The number of aromatic hydroxyl groups is 1.